The van der Waals surface area contributed by atoms with Gasteiger partial charge in [0.25, 0.3) is 0 Å². The van der Waals surface area contributed by atoms with E-state index >= 15 is 0 Å². The number of allylic oxidation sites excluding steroid dienone is 1. The molecule has 2 aromatic rings. The van der Waals surface area contributed by atoms with Gasteiger partial charge >= 0.3 is 5.69 Å². The number of nitro groups is 1. The molecule has 3 rings (SSSR count). The van der Waals surface area contributed by atoms with E-state index in [1.54, 1.807) is 24.3 Å². The Morgan fingerprint density at radius 1 is 1.05 bits per heavy atom. The average molecular weight is 296 g/mol. The molecule has 110 valence electrons. The number of hydrogen-bond donors (Lipinski definition) is 1. The van der Waals surface area contributed by atoms with E-state index in [1.807, 2.05) is 30.3 Å². The maximum atomic E-state index is 11.1. The fourth-order valence-electron chi connectivity index (χ4n) is 2.03. The minimum Gasteiger partial charge on any atom is -0.448 e. The van der Waals surface area contributed by atoms with E-state index < -0.39 is 4.92 Å². The van der Waals surface area contributed by atoms with E-state index in [9.17, 15) is 10.1 Å². The van der Waals surface area contributed by atoms with Gasteiger partial charge in [0, 0.05) is 17.7 Å². The van der Waals surface area contributed by atoms with Crippen LogP contribution in [-0.2, 0) is 4.84 Å². The fourth-order valence-corrected chi connectivity index (χ4v) is 2.03. The van der Waals surface area contributed by atoms with Crippen molar-refractivity contribution < 1.29 is 14.5 Å². The number of benzene rings is 2. The lowest BCUT2D eigenvalue weighted by molar-refractivity contribution is -0.385. The van der Waals surface area contributed by atoms with E-state index in [0.29, 0.717) is 11.5 Å². The van der Waals surface area contributed by atoms with Crippen molar-refractivity contribution in [3.8, 4) is 5.75 Å². The molecule has 0 spiro atoms. The van der Waals surface area contributed by atoms with Crippen molar-refractivity contribution in [2.24, 2.45) is 0 Å². The molecule has 0 saturated carbocycles. The molecule has 0 aromatic heterocycles. The number of rotatable bonds is 4. The van der Waals surface area contributed by atoms with Crippen molar-refractivity contribution >= 4 is 11.4 Å². The van der Waals surface area contributed by atoms with E-state index in [-0.39, 0.29) is 11.4 Å². The molecule has 1 aliphatic rings. The van der Waals surface area contributed by atoms with Crippen molar-refractivity contribution in [2.75, 3.05) is 0 Å². The zero-order chi connectivity index (χ0) is 15.4. The van der Waals surface area contributed by atoms with Crippen LogP contribution in [0.15, 0.2) is 72.7 Å². The molecule has 1 aliphatic heterocycles. The summed E-state index contributed by atoms with van der Waals surface area (Å²) in [4.78, 5) is 15.7. The molecule has 0 fully saturated rings. The van der Waals surface area contributed by atoms with Gasteiger partial charge in [-0.15, -0.1) is 0 Å². The Labute approximate surface area is 126 Å². The van der Waals surface area contributed by atoms with Gasteiger partial charge in [0.15, 0.2) is 5.76 Å². The molecule has 22 heavy (non-hydrogen) atoms. The summed E-state index contributed by atoms with van der Waals surface area (Å²) >= 11 is 0. The van der Waals surface area contributed by atoms with Crippen molar-refractivity contribution in [3.05, 3.63) is 88.4 Å². The van der Waals surface area contributed by atoms with Crippen LogP contribution in [0.4, 0.5) is 5.69 Å². The van der Waals surface area contributed by atoms with Crippen molar-refractivity contribution in [1.29, 1.82) is 0 Å². The number of hydrogen-bond acceptors (Lipinski definition) is 5. The van der Waals surface area contributed by atoms with Gasteiger partial charge in [-0.25, -0.2) is 5.48 Å². The first-order valence-corrected chi connectivity index (χ1v) is 6.55. The normalized spacial score (nSPS) is 13.3. The zero-order valence-corrected chi connectivity index (χ0v) is 11.4. The summed E-state index contributed by atoms with van der Waals surface area (Å²) in [7, 11) is 0. The number of nitro benzene ring substituents is 1. The Morgan fingerprint density at radius 3 is 2.55 bits per heavy atom. The fraction of sp³-hybridized carbons (Fsp3) is 0. The molecule has 0 saturated heterocycles. The van der Waals surface area contributed by atoms with Gasteiger partial charge in [-0.05, 0) is 6.07 Å². The summed E-state index contributed by atoms with van der Waals surface area (Å²) in [6.07, 6.45) is 3.02. The van der Waals surface area contributed by atoms with Crippen LogP contribution in [-0.4, -0.2) is 4.92 Å². The highest BCUT2D eigenvalue weighted by Crippen LogP contribution is 2.30. The Hall–Kier alpha value is -3.28. The highest BCUT2D eigenvalue weighted by Gasteiger charge is 2.19. The van der Waals surface area contributed by atoms with Crippen LogP contribution >= 0.6 is 0 Å². The molecular weight excluding hydrogens is 284 g/mol. The highest BCUT2D eigenvalue weighted by atomic mass is 16.6. The summed E-state index contributed by atoms with van der Waals surface area (Å²) in [6.45, 7) is 0. The highest BCUT2D eigenvalue weighted by molar-refractivity contribution is 5.68. The summed E-state index contributed by atoms with van der Waals surface area (Å²) in [5.41, 5.74) is 4.10. The van der Waals surface area contributed by atoms with E-state index in [1.165, 1.54) is 12.3 Å². The van der Waals surface area contributed by atoms with Gasteiger partial charge in [0.2, 0.25) is 5.75 Å². The van der Waals surface area contributed by atoms with E-state index in [0.717, 1.165) is 5.56 Å². The first-order chi connectivity index (χ1) is 10.8. The molecule has 1 N–H and O–H groups in total. The molecule has 1 heterocycles. The smallest absolute Gasteiger partial charge is 0.311 e. The quantitative estimate of drug-likeness (QED) is 0.691. The SMILES string of the molecule is O=[N+]([O-])c1ccccc1OC1=C(c2ccccc2)NOC=C1. The van der Waals surface area contributed by atoms with Crippen LogP contribution in [0, 0.1) is 10.1 Å². The van der Waals surface area contributed by atoms with Gasteiger partial charge < -0.3 is 9.57 Å². The van der Waals surface area contributed by atoms with Gasteiger partial charge in [-0.3, -0.25) is 10.1 Å². The number of hydroxylamine groups is 1. The Morgan fingerprint density at radius 2 is 1.77 bits per heavy atom. The lowest BCUT2D eigenvalue weighted by atomic mass is 10.1. The second-order valence-electron chi connectivity index (χ2n) is 4.45. The second-order valence-corrected chi connectivity index (χ2v) is 4.45. The van der Waals surface area contributed by atoms with Crippen molar-refractivity contribution in [1.82, 2.24) is 5.48 Å². The van der Waals surface area contributed by atoms with Gasteiger partial charge in [0.1, 0.15) is 12.0 Å². The van der Waals surface area contributed by atoms with Crippen LogP contribution in [0.3, 0.4) is 0 Å². The average Bonchev–Trinajstić information content (AvgIpc) is 2.56. The Kier molecular flexibility index (Phi) is 3.74. The standard InChI is InChI=1S/C16H12N2O4/c19-18(20)13-8-4-5-9-14(13)22-15-10-11-21-17-16(15)12-6-2-1-3-7-12/h1-11,17H. The number of nitrogens with one attached hydrogen (secondary N) is 1. The Balaban J connectivity index is 2.01. The monoisotopic (exact) mass is 296 g/mol. The molecule has 0 amide bonds. The Bertz CT molecular complexity index is 754. The zero-order valence-electron chi connectivity index (χ0n) is 11.4. The minimum absolute atomic E-state index is 0.0951. The summed E-state index contributed by atoms with van der Waals surface area (Å²) in [5.74, 6) is 0.607. The van der Waals surface area contributed by atoms with Crippen LogP contribution < -0.4 is 10.2 Å². The predicted octanol–water partition coefficient (Wildman–Crippen LogP) is 3.39. The van der Waals surface area contributed by atoms with Crippen LogP contribution in [0.2, 0.25) is 0 Å². The predicted molar refractivity (Wildman–Crippen MR) is 80.4 cm³/mol. The van der Waals surface area contributed by atoms with Gasteiger partial charge in [0.05, 0.1) is 4.92 Å². The molecule has 0 unspecified atom stereocenters. The number of ether oxygens (including phenoxy) is 1. The molecule has 6 nitrogen and oxygen atoms in total. The third kappa shape index (κ3) is 2.76. The first-order valence-electron chi connectivity index (χ1n) is 6.55. The first kappa shape index (κ1) is 13.7. The maximum Gasteiger partial charge on any atom is 0.311 e. The maximum absolute atomic E-state index is 11.1. The lowest BCUT2D eigenvalue weighted by Crippen LogP contribution is -2.17. The topological polar surface area (TPSA) is 73.6 Å². The summed E-state index contributed by atoms with van der Waals surface area (Å²) in [6, 6.07) is 15.6. The lowest BCUT2D eigenvalue weighted by Gasteiger charge is -2.18. The molecule has 0 atom stereocenters. The summed E-state index contributed by atoms with van der Waals surface area (Å²) < 4.78 is 5.72. The van der Waals surface area contributed by atoms with Gasteiger partial charge in [-0.1, -0.05) is 42.5 Å². The molecule has 0 bridgehead atoms. The molecular formula is C16H12N2O4. The van der Waals surface area contributed by atoms with Crippen molar-refractivity contribution in [3.63, 3.8) is 0 Å². The van der Waals surface area contributed by atoms with Crippen LogP contribution in [0.1, 0.15) is 5.56 Å². The largest absolute Gasteiger partial charge is 0.448 e. The number of nitrogens with zero attached hydrogens (tertiary/aromatic N) is 1. The molecule has 0 aliphatic carbocycles. The molecule has 6 heteroatoms. The van der Waals surface area contributed by atoms with E-state index in [4.69, 9.17) is 9.57 Å². The second kappa shape index (κ2) is 6.01. The number of para-hydroxylation sites is 2. The molecule has 0 radical (unpaired) electrons. The van der Waals surface area contributed by atoms with Crippen LogP contribution in [0.5, 0.6) is 5.75 Å². The molecule has 2 aromatic carbocycles. The van der Waals surface area contributed by atoms with Crippen LogP contribution in [0.25, 0.3) is 5.70 Å². The third-order valence-electron chi connectivity index (χ3n) is 3.04. The minimum atomic E-state index is -0.478. The van der Waals surface area contributed by atoms with Gasteiger partial charge in [-0.2, -0.15) is 0 Å². The third-order valence-corrected chi connectivity index (χ3v) is 3.04. The summed E-state index contributed by atoms with van der Waals surface area (Å²) in [5, 5.41) is 11.1. The van der Waals surface area contributed by atoms with Crippen molar-refractivity contribution in [2.45, 2.75) is 0 Å². The van der Waals surface area contributed by atoms with E-state index in [2.05, 4.69) is 5.48 Å².